The molecule has 8 heteroatoms. The number of ether oxygens (including phenoxy) is 1. The van der Waals surface area contributed by atoms with Crippen molar-refractivity contribution < 1.29 is 14.3 Å². The largest absolute Gasteiger partial charge is 0.382 e. The van der Waals surface area contributed by atoms with Crippen molar-refractivity contribution in [2.75, 3.05) is 37.4 Å². The summed E-state index contributed by atoms with van der Waals surface area (Å²) in [6.45, 7) is 2.20. The number of nitrogens with one attached hydrogen (secondary N) is 1. The van der Waals surface area contributed by atoms with Crippen LogP contribution in [-0.2, 0) is 4.74 Å². The van der Waals surface area contributed by atoms with Crippen molar-refractivity contribution in [1.82, 2.24) is 14.9 Å². The van der Waals surface area contributed by atoms with E-state index in [0.29, 0.717) is 48.8 Å². The van der Waals surface area contributed by atoms with Crippen LogP contribution in [0.15, 0.2) is 60.8 Å². The van der Waals surface area contributed by atoms with E-state index in [2.05, 4.69) is 15.3 Å². The van der Waals surface area contributed by atoms with E-state index in [-0.39, 0.29) is 17.4 Å². The molecule has 2 heterocycles. The van der Waals surface area contributed by atoms with Crippen LogP contribution in [0.5, 0.6) is 0 Å². The summed E-state index contributed by atoms with van der Waals surface area (Å²) in [5, 5.41) is 2.76. The smallest absolute Gasteiger partial charge is 0.278 e. The molecule has 3 N–H and O–H groups in total. The third-order valence-electron chi connectivity index (χ3n) is 4.75. The summed E-state index contributed by atoms with van der Waals surface area (Å²) in [5.74, 6) is -0.480. The number of morpholine rings is 1. The molecule has 0 saturated carbocycles. The Morgan fingerprint density at radius 2 is 1.80 bits per heavy atom. The van der Waals surface area contributed by atoms with Gasteiger partial charge in [0.15, 0.2) is 11.5 Å². The molecule has 0 aliphatic carbocycles. The number of para-hydroxylation sites is 1. The first kappa shape index (κ1) is 19.5. The third kappa shape index (κ3) is 4.28. The van der Waals surface area contributed by atoms with Crippen LogP contribution in [0.2, 0.25) is 0 Å². The Bertz CT molecular complexity index is 1070. The number of anilines is 2. The first-order valence-corrected chi connectivity index (χ1v) is 9.58. The molecule has 3 aromatic rings. The van der Waals surface area contributed by atoms with E-state index in [1.807, 2.05) is 24.3 Å². The maximum absolute atomic E-state index is 12.8. The number of amides is 2. The van der Waals surface area contributed by atoms with E-state index in [1.165, 1.54) is 6.20 Å². The zero-order chi connectivity index (χ0) is 20.9. The molecule has 1 aliphatic heterocycles. The molecule has 4 rings (SSSR count). The Morgan fingerprint density at radius 1 is 1.03 bits per heavy atom. The fourth-order valence-corrected chi connectivity index (χ4v) is 3.18. The van der Waals surface area contributed by atoms with Crippen LogP contribution in [0.3, 0.4) is 0 Å². The lowest BCUT2D eigenvalue weighted by atomic mass is 10.1. The molecule has 0 atom stereocenters. The standard InChI is InChI=1S/C22H21N5O3/c23-20-19(21(28)25-17-7-2-1-3-8-17)26-18(14-24-20)15-5-4-6-16(13-15)22(29)27-9-11-30-12-10-27/h1-8,13-14H,9-12H2,(H2,23,24)(H,25,28). The van der Waals surface area contributed by atoms with E-state index >= 15 is 0 Å². The minimum atomic E-state index is -0.450. The predicted molar refractivity (Wildman–Crippen MR) is 113 cm³/mol. The number of carbonyl (C=O) groups is 2. The SMILES string of the molecule is Nc1ncc(-c2cccc(C(=O)N3CCOCC3)c2)nc1C(=O)Nc1ccccc1. The number of rotatable bonds is 4. The van der Waals surface area contributed by atoms with Crippen molar-refractivity contribution in [1.29, 1.82) is 0 Å². The highest BCUT2D eigenvalue weighted by Gasteiger charge is 2.20. The molecule has 1 aliphatic rings. The zero-order valence-corrected chi connectivity index (χ0v) is 16.2. The van der Waals surface area contributed by atoms with Crippen molar-refractivity contribution >= 4 is 23.3 Å². The van der Waals surface area contributed by atoms with Crippen molar-refractivity contribution in [3.05, 3.63) is 72.1 Å². The summed E-state index contributed by atoms with van der Waals surface area (Å²) in [5.41, 5.74) is 8.23. The second-order valence-corrected chi connectivity index (χ2v) is 6.79. The molecule has 1 fully saturated rings. The van der Waals surface area contributed by atoms with E-state index in [4.69, 9.17) is 10.5 Å². The number of nitrogen functional groups attached to an aromatic ring is 1. The van der Waals surface area contributed by atoms with E-state index in [9.17, 15) is 9.59 Å². The number of nitrogens with zero attached hydrogens (tertiary/aromatic N) is 3. The lowest BCUT2D eigenvalue weighted by molar-refractivity contribution is 0.0303. The normalized spacial score (nSPS) is 13.7. The Hall–Kier alpha value is -3.78. The highest BCUT2D eigenvalue weighted by atomic mass is 16.5. The van der Waals surface area contributed by atoms with Gasteiger partial charge in [0, 0.05) is 29.9 Å². The van der Waals surface area contributed by atoms with Gasteiger partial charge in [-0.05, 0) is 24.3 Å². The van der Waals surface area contributed by atoms with E-state index in [0.717, 1.165) is 0 Å². The number of carbonyl (C=O) groups excluding carboxylic acids is 2. The monoisotopic (exact) mass is 403 g/mol. The summed E-state index contributed by atoms with van der Waals surface area (Å²) < 4.78 is 5.31. The van der Waals surface area contributed by atoms with Crippen LogP contribution in [0.1, 0.15) is 20.8 Å². The molecular weight excluding hydrogens is 382 g/mol. The van der Waals surface area contributed by atoms with Gasteiger partial charge in [0.2, 0.25) is 0 Å². The minimum absolute atomic E-state index is 0.0289. The van der Waals surface area contributed by atoms with Crippen LogP contribution in [-0.4, -0.2) is 53.0 Å². The van der Waals surface area contributed by atoms with Gasteiger partial charge in [-0.2, -0.15) is 0 Å². The average molecular weight is 403 g/mol. The van der Waals surface area contributed by atoms with Gasteiger partial charge < -0.3 is 20.7 Å². The van der Waals surface area contributed by atoms with Gasteiger partial charge in [0.05, 0.1) is 25.1 Å². The number of benzene rings is 2. The summed E-state index contributed by atoms with van der Waals surface area (Å²) in [6, 6.07) is 16.1. The predicted octanol–water partition coefficient (Wildman–Crippen LogP) is 2.45. The van der Waals surface area contributed by atoms with Crippen molar-refractivity contribution in [3.63, 3.8) is 0 Å². The molecule has 152 valence electrons. The third-order valence-corrected chi connectivity index (χ3v) is 4.75. The van der Waals surface area contributed by atoms with Gasteiger partial charge in [-0.3, -0.25) is 9.59 Å². The molecule has 1 aromatic heterocycles. The summed E-state index contributed by atoms with van der Waals surface area (Å²) in [4.78, 5) is 35.7. The molecule has 30 heavy (non-hydrogen) atoms. The van der Waals surface area contributed by atoms with Crippen molar-refractivity contribution in [2.24, 2.45) is 0 Å². The highest BCUT2D eigenvalue weighted by Crippen LogP contribution is 2.21. The van der Waals surface area contributed by atoms with E-state index in [1.54, 1.807) is 35.2 Å². The quantitative estimate of drug-likeness (QED) is 0.692. The molecule has 0 bridgehead atoms. The van der Waals surface area contributed by atoms with Gasteiger partial charge in [0.1, 0.15) is 0 Å². The Morgan fingerprint density at radius 3 is 2.57 bits per heavy atom. The molecule has 2 aromatic carbocycles. The second kappa shape index (κ2) is 8.71. The Labute approximate surface area is 173 Å². The fraction of sp³-hybridized carbons (Fsp3) is 0.182. The maximum atomic E-state index is 12.8. The molecular formula is C22H21N5O3. The molecule has 0 unspecified atom stereocenters. The number of nitrogens with two attached hydrogens (primary N) is 1. The van der Waals surface area contributed by atoms with Crippen molar-refractivity contribution in [3.8, 4) is 11.3 Å². The van der Waals surface area contributed by atoms with E-state index < -0.39 is 5.91 Å². The maximum Gasteiger partial charge on any atom is 0.278 e. The number of hydrogen-bond acceptors (Lipinski definition) is 6. The van der Waals surface area contributed by atoms with Crippen LogP contribution >= 0.6 is 0 Å². The van der Waals surface area contributed by atoms with Gasteiger partial charge in [-0.1, -0.05) is 30.3 Å². The first-order valence-electron chi connectivity index (χ1n) is 9.58. The van der Waals surface area contributed by atoms with Crippen LogP contribution in [0, 0.1) is 0 Å². The average Bonchev–Trinajstić information content (AvgIpc) is 2.80. The lowest BCUT2D eigenvalue weighted by Gasteiger charge is -2.27. The molecule has 0 radical (unpaired) electrons. The topological polar surface area (TPSA) is 110 Å². The summed E-state index contributed by atoms with van der Waals surface area (Å²) in [7, 11) is 0. The minimum Gasteiger partial charge on any atom is -0.382 e. The number of aromatic nitrogens is 2. The Balaban J connectivity index is 1.59. The van der Waals surface area contributed by atoms with Crippen molar-refractivity contribution in [2.45, 2.75) is 0 Å². The highest BCUT2D eigenvalue weighted by molar-refractivity contribution is 6.06. The molecule has 1 saturated heterocycles. The number of hydrogen-bond donors (Lipinski definition) is 2. The van der Waals surface area contributed by atoms with Gasteiger partial charge >= 0.3 is 0 Å². The molecule has 2 amide bonds. The van der Waals surface area contributed by atoms with Gasteiger partial charge in [-0.15, -0.1) is 0 Å². The first-order chi connectivity index (χ1) is 14.6. The van der Waals surface area contributed by atoms with Gasteiger partial charge in [-0.25, -0.2) is 9.97 Å². The summed E-state index contributed by atoms with van der Waals surface area (Å²) in [6.07, 6.45) is 1.49. The molecule has 8 nitrogen and oxygen atoms in total. The summed E-state index contributed by atoms with van der Waals surface area (Å²) >= 11 is 0. The fourth-order valence-electron chi connectivity index (χ4n) is 3.18. The zero-order valence-electron chi connectivity index (χ0n) is 16.2. The Kier molecular flexibility index (Phi) is 5.67. The van der Waals surface area contributed by atoms with Crippen LogP contribution in [0.4, 0.5) is 11.5 Å². The van der Waals surface area contributed by atoms with Gasteiger partial charge in [0.25, 0.3) is 11.8 Å². The van der Waals surface area contributed by atoms with Crippen LogP contribution in [0.25, 0.3) is 11.3 Å². The molecule has 0 spiro atoms. The van der Waals surface area contributed by atoms with Crippen LogP contribution < -0.4 is 11.1 Å². The second-order valence-electron chi connectivity index (χ2n) is 6.79. The lowest BCUT2D eigenvalue weighted by Crippen LogP contribution is -2.40.